The van der Waals surface area contributed by atoms with Crippen LogP contribution >= 0.6 is 35.4 Å². The highest BCUT2D eigenvalue weighted by atomic mass is 35.5. The number of benzene rings is 2. The summed E-state index contributed by atoms with van der Waals surface area (Å²) in [7, 11) is 0. The van der Waals surface area contributed by atoms with E-state index in [9.17, 15) is 13.2 Å². The first kappa shape index (κ1) is 23.6. The van der Waals surface area contributed by atoms with Gasteiger partial charge in [-0.25, -0.2) is 0 Å². The number of anilines is 1. The number of hydrazone groups is 1. The van der Waals surface area contributed by atoms with Crippen LogP contribution in [0.3, 0.4) is 0 Å². The number of hydrogen-bond donors (Lipinski definition) is 2. The highest BCUT2D eigenvalue weighted by molar-refractivity contribution is 7.80. The number of piperazine rings is 1. The number of halogens is 5. The van der Waals surface area contributed by atoms with Gasteiger partial charge >= 0.3 is 6.18 Å². The van der Waals surface area contributed by atoms with Crippen LogP contribution in [-0.4, -0.2) is 42.4 Å². The Morgan fingerprint density at radius 1 is 1.10 bits per heavy atom. The van der Waals surface area contributed by atoms with Crippen molar-refractivity contribution in [1.82, 2.24) is 10.3 Å². The maximum absolute atomic E-state index is 13.7. The number of nitrogens with one attached hydrogen (secondary N) is 1. The van der Waals surface area contributed by atoms with Crippen molar-refractivity contribution in [3.05, 3.63) is 63.1 Å². The highest BCUT2D eigenvalue weighted by Gasteiger charge is 2.35. The molecule has 0 amide bonds. The summed E-state index contributed by atoms with van der Waals surface area (Å²) >= 11 is 16.6. The van der Waals surface area contributed by atoms with Crippen molar-refractivity contribution in [3.8, 4) is 0 Å². The fraction of sp³-hybridized carbons (Fsp3) is 0.300. The molecule has 0 spiro atoms. The van der Waals surface area contributed by atoms with Crippen molar-refractivity contribution in [3.63, 3.8) is 0 Å². The van der Waals surface area contributed by atoms with Crippen molar-refractivity contribution >= 4 is 52.4 Å². The van der Waals surface area contributed by atoms with E-state index in [4.69, 9.17) is 28.9 Å². The van der Waals surface area contributed by atoms with Gasteiger partial charge in [-0.05, 0) is 47.6 Å². The Morgan fingerprint density at radius 3 is 2.42 bits per heavy atom. The molecule has 166 valence electrons. The van der Waals surface area contributed by atoms with Gasteiger partial charge in [0.25, 0.3) is 0 Å². The second kappa shape index (κ2) is 10.0. The maximum atomic E-state index is 13.7. The topological polar surface area (TPSA) is 56.9 Å². The molecule has 0 radical (unpaired) electrons. The van der Waals surface area contributed by atoms with Crippen LogP contribution in [-0.2, 0) is 12.7 Å². The Hall–Kier alpha value is -2.07. The minimum atomic E-state index is -4.49. The van der Waals surface area contributed by atoms with E-state index in [1.54, 1.807) is 17.0 Å². The Bertz CT molecular complexity index is 976. The maximum Gasteiger partial charge on any atom is 0.418 e. The van der Waals surface area contributed by atoms with E-state index in [-0.39, 0.29) is 16.4 Å². The number of nitrogens with two attached hydrogens (primary N) is 1. The summed E-state index contributed by atoms with van der Waals surface area (Å²) in [6.07, 6.45) is -3.25. The average Bonchev–Trinajstić information content (AvgIpc) is 2.70. The van der Waals surface area contributed by atoms with E-state index in [1.165, 1.54) is 12.3 Å². The summed E-state index contributed by atoms with van der Waals surface area (Å²) < 4.78 is 41.1. The number of alkyl halides is 3. The van der Waals surface area contributed by atoms with E-state index in [2.05, 4.69) is 27.6 Å². The third-order valence-corrected chi connectivity index (χ3v) is 5.65. The molecule has 3 N–H and O–H groups in total. The van der Waals surface area contributed by atoms with Gasteiger partial charge in [0, 0.05) is 38.4 Å². The van der Waals surface area contributed by atoms with E-state index in [0.29, 0.717) is 42.8 Å². The van der Waals surface area contributed by atoms with Gasteiger partial charge < -0.3 is 10.6 Å². The molecule has 0 saturated carbocycles. The Labute approximate surface area is 193 Å². The highest BCUT2D eigenvalue weighted by Crippen LogP contribution is 2.37. The molecule has 1 heterocycles. The Kier molecular flexibility index (Phi) is 7.64. The Morgan fingerprint density at radius 2 is 1.81 bits per heavy atom. The normalized spacial score (nSPS) is 15.5. The van der Waals surface area contributed by atoms with E-state index < -0.39 is 11.7 Å². The van der Waals surface area contributed by atoms with Gasteiger partial charge in [0.05, 0.1) is 21.8 Å². The largest absolute Gasteiger partial charge is 0.418 e. The lowest BCUT2D eigenvalue weighted by atomic mass is 10.1. The van der Waals surface area contributed by atoms with Crippen LogP contribution in [0.2, 0.25) is 10.0 Å². The van der Waals surface area contributed by atoms with Crippen molar-refractivity contribution in [2.24, 2.45) is 10.8 Å². The first-order valence-electron chi connectivity index (χ1n) is 9.34. The molecular weight excluding hydrogens is 470 g/mol. The lowest BCUT2D eigenvalue weighted by molar-refractivity contribution is -0.137. The van der Waals surface area contributed by atoms with Crippen molar-refractivity contribution in [2.45, 2.75) is 12.7 Å². The molecule has 0 atom stereocenters. The second-order valence-electron chi connectivity index (χ2n) is 7.02. The predicted molar refractivity (Wildman–Crippen MR) is 123 cm³/mol. The summed E-state index contributed by atoms with van der Waals surface area (Å²) in [4.78, 5) is 3.92. The zero-order chi connectivity index (χ0) is 22.6. The summed E-state index contributed by atoms with van der Waals surface area (Å²) in [5.41, 5.74) is 8.33. The van der Waals surface area contributed by atoms with E-state index >= 15 is 0 Å². The SMILES string of the molecule is NC(=S)N/N=C/c1ccc(N2CCN(Cc3ccc(Cl)c(Cl)c3)CC2)c(C(F)(F)F)c1. The van der Waals surface area contributed by atoms with Gasteiger partial charge in [-0.1, -0.05) is 35.3 Å². The van der Waals surface area contributed by atoms with Crippen molar-refractivity contribution in [2.75, 3.05) is 31.1 Å². The molecule has 0 unspecified atom stereocenters. The second-order valence-corrected chi connectivity index (χ2v) is 8.27. The van der Waals surface area contributed by atoms with Gasteiger partial charge in [0.1, 0.15) is 0 Å². The van der Waals surface area contributed by atoms with E-state index in [0.717, 1.165) is 11.6 Å². The van der Waals surface area contributed by atoms with Gasteiger partial charge in [-0.3, -0.25) is 10.3 Å². The minimum Gasteiger partial charge on any atom is -0.375 e. The molecule has 0 bridgehead atoms. The van der Waals surface area contributed by atoms with E-state index in [1.807, 2.05) is 12.1 Å². The number of rotatable bonds is 5. The molecule has 0 aliphatic carbocycles. The van der Waals surface area contributed by atoms with Gasteiger partial charge in [0.2, 0.25) is 0 Å². The lowest BCUT2D eigenvalue weighted by Gasteiger charge is -2.37. The summed E-state index contributed by atoms with van der Waals surface area (Å²) in [6, 6.07) is 9.57. The minimum absolute atomic E-state index is 0.0670. The fourth-order valence-corrected chi connectivity index (χ4v) is 3.72. The lowest BCUT2D eigenvalue weighted by Crippen LogP contribution is -2.46. The average molecular weight is 490 g/mol. The zero-order valence-corrected chi connectivity index (χ0v) is 18.6. The fourth-order valence-electron chi connectivity index (χ4n) is 3.35. The molecule has 1 saturated heterocycles. The molecule has 5 nitrogen and oxygen atoms in total. The van der Waals surface area contributed by atoms with Crippen LogP contribution in [0.15, 0.2) is 41.5 Å². The number of nitrogens with zero attached hydrogens (tertiary/aromatic N) is 3. The summed E-state index contributed by atoms with van der Waals surface area (Å²) in [6.45, 7) is 2.85. The van der Waals surface area contributed by atoms with Crippen LogP contribution in [0.1, 0.15) is 16.7 Å². The first-order chi connectivity index (χ1) is 14.6. The molecule has 31 heavy (non-hydrogen) atoms. The van der Waals surface area contributed by atoms with Crippen LogP contribution < -0.4 is 16.1 Å². The van der Waals surface area contributed by atoms with Crippen LogP contribution in [0.25, 0.3) is 0 Å². The molecule has 2 aromatic carbocycles. The summed E-state index contributed by atoms with van der Waals surface area (Å²) in [5.74, 6) is 0. The molecule has 1 fully saturated rings. The molecule has 0 aromatic heterocycles. The summed E-state index contributed by atoms with van der Waals surface area (Å²) in [5, 5.41) is 4.63. The standard InChI is InChI=1S/C20H20Cl2F3N5S/c21-16-3-1-14(10-17(16)22)12-29-5-7-30(8-6-29)18-4-2-13(11-27-28-19(26)31)9-15(18)20(23,24)25/h1-4,9-11H,5-8,12H2,(H3,26,28,31)/b27-11+. The zero-order valence-electron chi connectivity index (χ0n) is 16.3. The quantitative estimate of drug-likeness (QED) is 0.367. The molecule has 11 heteroatoms. The molecule has 1 aliphatic rings. The third kappa shape index (κ3) is 6.46. The van der Waals surface area contributed by atoms with Gasteiger partial charge in [-0.15, -0.1) is 0 Å². The van der Waals surface area contributed by atoms with Crippen LogP contribution in [0.4, 0.5) is 18.9 Å². The van der Waals surface area contributed by atoms with Crippen LogP contribution in [0, 0.1) is 0 Å². The van der Waals surface area contributed by atoms with Crippen molar-refractivity contribution < 1.29 is 13.2 Å². The molecule has 1 aliphatic heterocycles. The number of thiocarbonyl (C=S) groups is 1. The Balaban J connectivity index is 1.70. The molecule has 3 rings (SSSR count). The third-order valence-electron chi connectivity index (χ3n) is 4.82. The van der Waals surface area contributed by atoms with Gasteiger partial charge in [0.15, 0.2) is 5.11 Å². The first-order valence-corrected chi connectivity index (χ1v) is 10.5. The number of hydrogen-bond acceptors (Lipinski definition) is 4. The molecular formula is C20H20Cl2F3N5S. The smallest absolute Gasteiger partial charge is 0.375 e. The van der Waals surface area contributed by atoms with Crippen LogP contribution in [0.5, 0.6) is 0 Å². The predicted octanol–water partition coefficient (Wildman–Crippen LogP) is 4.50. The van der Waals surface area contributed by atoms with Crippen molar-refractivity contribution in [1.29, 1.82) is 0 Å². The molecule has 2 aromatic rings. The van der Waals surface area contributed by atoms with Gasteiger partial charge in [-0.2, -0.15) is 18.3 Å². The monoisotopic (exact) mass is 489 g/mol.